The first kappa shape index (κ1) is 11.9. The summed E-state index contributed by atoms with van der Waals surface area (Å²) in [6, 6.07) is 3.28. The Hall–Kier alpha value is -0.150. The molecule has 0 heterocycles. The molecule has 1 unspecified atom stereocenters. The largest absolute Gasteiger partial charge is 0.495 e. The first-order valence-electron chi connectivity index (χ1n) is 3.87. The van der Waals surface area contributed by atoms with E-state index in [0.717, 1.165) is 0 Å². The van der Waals surface area contributed by atoms with Gasteiger partial charge >= 0.3 is 0 Å². The van der Waals surface area contributed by atoms with Gasteiger partial charge in [0.15, 0.2) is 0 Å². The summed E-state index contributed by atoms with van der Waals surface area (Å²) in [6.07, 6.45) is -0.812. The number of methoxy groups -OCH3 is 1. The summed E-state index contributed by atoms with van der Waals surface area (Å²) in [4.78, 5) is 0. The van der Waals surface area contributed by atoms with Crippen molar-refractivity contribution in [3.8, 4) is 5.75 Å². The second-order valence-electron chi connectivity index (χ2n) is 2.66. The zero-order chi connectivity index (χ0) is 10.7. The van der Waals surface area contributed by atoms with Gasteiger partial charge in [-0.1, -0.05) is 29.3 Å². The molecular formula is C9H9Cl3O2. The van der Waals surface area contributed by atoms with E-state index < -0.39 is 6.10 Å². The van der Waals surface area contributed by atoms with E-state index in [-0.39, 0.29) is 15.9 Å². The third-order valence-electron chi connectivity index (χ3n) is 1.80. The Kier molecular flexibility index (Phi) is 4.32. The van der Waals surface area contributed by atoms with Gasteiger partial charge < -0.3 is 9.84 Å². The Balaban J connectivity index is 3.17. The molecule has 0 aliphatic rings. The third-order valence-corrected chi connectivity index (χ3v) is 2.97. The first-order valence-corrected chi connectivity index (χ1v) is 5.16. The van der Waals surface area contributed by atoms with Crippen molar-refractivity contribution < 1.29 is 9.84 Å². The van der Waals surface area contributed by atoms with Crippen LogP contribution >= 0.6 is 34.8 Å². The molecule has 1 aromatic rings. The van der Waals surface area contributed by atoms with Crippen molar-refractivity contribution in [3.05, 3.63) is 27.7 Å². The number of ether oxygens (including phenoxy) is 1. The van der Waals surface area contributed by atoms with Gasteiger partial charge in [0.2, 0.25) is 0 Å². The number of hydrogen-bond acceptors (Lipinski definition) is 2. The van der Waals surface area contributed by atoms with E-state index in [1.807, 2.05) is 0 Å². The lowest BCUT2D eigenvalue weighted by molar-refractivity contribution is 0.202. The molecular weight excluding hydrogens is 246 g/mol. The molecule has 0 saturated heterocycles. The number of alkyl halides is 1. The Morgan fingerprint density at radius 3 is 2.50 bits per heavy atom. The Labute approximate surface area is 97.3 Å². The van der Waals surface area contributed by atoms with Crippen molar-refractivity contribution in [2.24, 2.45) is 0 Å². The minimum Gasteiger partial charge on any atom is -0.495 e. The van der Waals surface area contributed by atoms with Crippen LogP contribution in [0.15, 0.2) is 12.1 Å². The summed E-state index contributed by atoms with van der Waals surface area (Å²) in [5, 5.41) is 10.0. The number of hydrogen-bond donors (Lipinski definition) is 1. The number of aliphatic hydroxyl groups excluding tert-OH is 1. The van der Waals surface area contributed by atoms with E-state index >= 15 is 0 Å². The highest BCUT2D eigenvalue weighted by Crippen LogP contribution is 2.37. The molecule has 5 heteroatoms. The Bertz CT molecular complexity index is 328. The molecule has 0 amide bonds. The lowest BCUT2D eigenvalue weighted by Crippen LogP contribution is -2.00. The highest BCUT2D eigenvalue weighted by molar-refractivity contribution is 6.43. The summed E-state index contributed by atoms with van der Waals surface area (Å²) in [6.45, 7) is 0. The van der Waals surface area contributed by atoms with Crippen LogP contribution in [0.3, 0.4) is 0 Å². The predicted octanol–water partition coefficient (Wildman–Crippen LogP) is 3.27. The standard InChI is InChI=1S/C9H9Cl3O2/c1-14-7-3-2-5(6(13)4-10)8(11)9(7)12/h2-3,6,13H,4H2,1H3. The highest BCUT2D eigenvalue weighted by atomic mass is 35.5. The molecule has 0 aliphatic heterocycles. The minimum atomic E-state index is -0.812. The average Bonchev–Trinajstić information content (AvgIpc) is 2.21. The molecule has 1 N–H and O–H groups in total. The fraction of sp³-hybridized carbons (Fsp3) is 0.333. The van der Waals surface area contributed by atoms with Crippen LogP contribution in [0.1, 0.15) is 11.7 Å². The fourth-order valence-corrected chi connectivity index (χ4v) is 1.74. The highest BCUT2D eigenvalue weighted by Gasteiger charge is 2.15. The normalized spacial score (nSPS) is 12.6. The molecule has 78 valence electrons. The molecule has 1 rings (SSSR count). The van der Waals surface area contributed by atoms with E-state index in [4.69, 9.17) is 39.5 Å². The van der Waals surface area contributed by atoms with Crippen molar-refractivity contribution in [1.29, 1.82) is 0 Å². The fourth-order valence-electron chi connectivity index (χ4n) is 1.04. The van der Waals surface area contributed by atoms with Crippen LogP contribution in [0.2, 0.25) is 10.0 Å². The molecule has 0 spiro atoms. The van der Waals surface area contributed by atoms with Crippen LogP contribution < -0.4 is 4.74 Å². The molecule has 14 heavy (non-hydrogen) atoms. The van der Waals surface area contributed by atoms with Crippen LogP contribution in [-0.4, -0.2) is 18.1 Å². The summed E-state index contributed by atoms with van der Waals surface area (Å²) >= 11 is 17.3. The number of halogens is 3. The number of aliphatic hydroxyl groups is 1. The summed E-state index contributed by atoms with van der Waals surface area (Å²) < 4.78 is 4.96. The van der Waals surface area contributed by atoms with E-state index in [1.165, 1.54) is 7.11 Å². The monoisotopic (exact) mass is 254 g/mol. The van der Waals surface area contributed by atoms with Gasteiger partial charge in [-0.15, -0.1) is 11.6 Å². The maximum absolute atomic E-state index is 9.48. The van der Waals surface area contributed by atoms with E-state index in [2.05, 4.69) is 0 Å². The zero-order valence-corrected chi connectivity index (χ0v) is 9.70. The number of rotatable bonds is 3. The molecule has 0 radical (unpaired) electrons. The van der Waals surface area contributed by atoms with Crippen molar-refractivity contribution >= 4 is 34.8 Å². The SMILES string of the molecule is COc1ccc(C(O)CCl)c(Cl)c1Cl. The molecule has 0 bridgehead atoms. The molecule has 0 aliphatic carbocycles. The Morgan fingerprint density at radius 1 is 1.36 bits per heavy atom. The number of benzene rings is 1. The van der Waals surface area contributed by atoms with E-state index in [9.17, 15) is 5.11 Å². The predicted molar refractivity (Wildman–Crippen MR) is 58.7 cm³/mol. The first-order chi connectivity index (χ1) is 6.61. The second kappa shape index (κ2) is 5.08. The summed E-state index contributed by atoms with van der Waals surface area (Å²) in [5.74, 6) is 0.546. The molecule has 1 atom stereocenters. The summed E-state index contributed by atoms with van der Waals surface area (Å²) in [7, 11) is 1.50. The van der Waals surface area contributed by atoms with Gasteiger partial charge in [-0.3, -0.25) is 0 Å². The molecule has 0 saturated carbocycles. The van der Waals surface area contributed by atoms with Crippen LogP contribution in [0.25, 0.3) is 0 Å². The van der Waals surface area contributed by atoms with Gasteiger partial charge in [-0.2, -0.15) is 0 Å². The van der Waals surface area contributed by atoms with Crippen LogP contribution in [0.5, 0.6) is 5.75 Å². The quantitative estimate of drug-likeness (QED) is 0.840. The lowest BCUT2D eigenvalue weighted by atomic mass is 10.1. The average molecular weight is 256 g/mol. The molecule has 2 nitrogen and oxygen atoms in total. The Morgan fingerprint density at radius 2 is 2.00 bits per heavy atom. The third kappa shape index (κ3) is 2.26. The molecule has 0 aromatic heterocycles. The topological polar surface area (TPSA) is 29.5 Å². The van der Waals surface area contributed by atoms with Crippen LogP contribution in [0, 0.1) is 0 Å². The maximum atomic E-state index is 9.48. The van der Waals surface area contributed by atoms with Gasteiger partial charge in [0, 0.05) is 5.56 Å². The van der Waals surface area contributed by atoms with Gasteiger partial charge in [-0.05, 0) is 6.07 Å². The van der Waals surface area contributed by atoms with Crippen LogP contribution in [-0.2, 0) is 0 Å². The second-order valence-corrected chi connectivity index (χ2v) is 3.72. The smallest absolute Gasteiger partial charge is 0.139 e. The lowest BCUT2D eigenvalue weighted by Gasteiger charge is -2.12. The van der Waals surface area contributed by atoms with E-state index in [1.54, 1.807) is 12.1 Å². The van der Waals surface area contributed by atoms with Crippen molar-refractivity contribution in [1.82, 2.24) is 0 Å². The zero-order valence-electron chi connectivity index (χ0n) is 7.43. The van der Waals surface area contributed by atoms with Crippen molar-refractivity contribution in [3.63, 3.8) is 0 Å². The molecule has 0 fully saturated rings. The van der Waals surface area contributed by atoms with Gasteiger partial charge in [0.25, 0.3) is 0 Å². The maximum Gasteiger partial charge on any atom is 0.139 e. The van der Waals surface area contributed by atoms with Gasteiger partial charge in [0.05, 0.1) is 24.1 Å². The van der Waals surface area contributed by atoms with Gasteiger partial charge in [-0.25, -0.2) is 0 Å². The molecule has 1 aromatic carbocycles. The van der Waals surface area contributed by atoms with E-state index in [0.29, 0.717) is 11.3 Å². The summed E-state index contributed by atoms with van der Waals surface area (Å²) in [5.41, 5.74) is 0.507. The van der Waals surface area contributed by atoms with Gasteiger partial charge in [0.1, 0.15) is 10.8 Å². The van der Waals surface area contributed by atoms with Crippen LogP contribution in [0.4, 0.5) is 0 Å². The van der Waals surface area contributed by atoms with Crippen molar-refractivity contribution in [2.75, 3.05) is 13.0 Å². The van der Waals surface area contributed by atoms with Crippen molar-refractivity contribution in [2.45, 2.75) is 6.10 Å². The minimum absolute atomic E-state index is 0.0718.